The fourth-order valence-corrected chi connectivity index (χ4v) is 1.97. The van der Waals surface area contributed by atoms with Crippen molar-refractivity contribution < 1.29 is 4.74 Å². The topological polar surface area (TPSA) is 9.23 Å². The Morgan fingerprint density at radius 1 is 1.29 bits per heavy atom. The van der Waals surface area contributed by atoms with Crippen LogP contribution in [0.15, 0.2) is 18.2 Å². The smallest absolute Gasteiger partial charge is 0.122 e. The summed E-state index contributed by atoms with van der Waals surface area (Å²) in [5.41, 5.74) is 2.88. The molecule has 1 aliphatic rings. The average Bonchev–Trinajstić information content (AvgIpc) is 2.65. The molecule has 1 aliphatic heterocycles. The Labute approximate surface area is 86.1 Å². The Bertz CT molecular complexity index is 304. The van der Waals surface area contributed by atoms with Crippen molar-refractivity contribution in [3.05, 3.63) is 29.3 Å². The quantitative estimate of drug-likeness (QED) is 0.661. The number of hydrogen-bond acceptors (Lipinski definition) is 1. The van der Waals surface area contributed by atoms with Crippen molar-refractivity contribution in [3.8, 4) is 5.75 Å². The van der Waals surface area contributed by atoms with Crippen molar-refractivity contribution >= 4 is 0 Å². The maximum absolute atomic E-state index is 5.48. The van der Waals surface area contributed by atoms with Crippen LogP contribution in [0.2, 0.25) is 0 Å². The highest BCUT2D eigenvalue weighted by atomic mass is 16.5. The van der Waals surface area contributed by atoms with Gasteiger partial charge in [-0.05, 0) is 30.0 Å². The van der Waals surface area contributed by atoms with Gasteiger partial charge in [0, 0.05) is 6.42 Å². The zero-order valence-corrected chi connectivity index (χ0v) is 8.88. The summed E-state index contributed by atoms with van der Waals surface area (Å²) in [7, 11) is 0. The first-order valence-corrected chi connectivity index (χ1v) is 5.65. The van der Waals surface area contributed by atoms with Gasteiger partial charge < -0.3 is 4.74 Å². The number of hydrogen-bond donors (Lipinski definition) is 0. The van der Waals surface area contributed by atoms with Crippen LogP contribution in [0.3, 0.4) is 0 Å². The second-order valence-corrected chi connectivity index (χ2v) is 4.00. The molecule has 1 aromatic carbocycles. The van der Waals surface area contributed by atoms with E-state index in [1.807, 2.05) is 0 Å². The molecule has 1 aromatic rings. The summed E-state index contributed by atoms with van der Waals surface area (Å²) >= 11 is 0. The first-order valence-electron chi connectivity index (χ1n) is 5.65. The summed E-state index contributed by atoms with van der Waals surface area (Å²) in [5, 5.41) is 0. The zero-order valence-electron chi connectivity index (χ0n) is 8.88. The largest absolute Gasteiger partial charge is 0.493 e. The minimum absolute atomic E-state index is 0.869. The molecule has 0 atom stereocenters. The zero-order chi connectivity index (χ0) is 9.80. The van der Waals surface area contributed by atoms with Gasteiger partial charge in [-0.3, -0.25) is 0 Å². The van der Waals surface area contributed by atoms with Crippen molar-refractivity contribution in [2.24, 2.45) is 0 Å². The standard InChI is InChI=1S/C13H18O/c1-2-3-4-5-11-6-7-13-12(10-11)8-9-14-13/h6-7,10H,2-5,8-9H2,1H3. The summed E-state index contributed by atoms with van der Waals surface area (Å²) < 4.78 is 5.48. The summed E-state index contributed by atoms with van der Waals surface area (Å²) in [5.74, 6) is 1.10. The molecule has 2 rings (SSSR count). The number of aryl methyl sites for hydroxylation is 1. The summed E-state index contributed by atoms with van der Waals surface area (Å²) in [6.45, 7) is 3.12. The number of ether oxygens (including phenoxy) is 1. The minimum atomic E-state index is 0.869. The highest BCUT2D eigenvalue weighted by molar-refractivity contribution is 5.39. The summed E-state index contributed by atoms with van der Waals surface area (Å²) in [6, 6.07) is 6.65. The van der Waals surface area contributed by atoms with Crippen molar-refractivity contribution in [3.63, 3.8) is 0 Å². The van der Waals surface area contributed by atoms with Crippen LogP contribution in [0.1, 0.15) is 37.3 Å². The molecule has 0 radical (unpaired) electrons. The van der Waals surface area contributed by atoms with Crippen LogP contribution in [0.5, 0.6) is 5.75 Å². The van der Waals surface area contributed by atoms with E-state index in [1.165, 1.54) is 36.8 Å². The minimum Gasteiger partial charge on any atom is -0.493 e. The van der Waals surface area contributed by atoms with E-state index in [1.54, 1.807) is 0 Å². The van der Waals surface area contributed by atoms with Crippen molar-refractivity contribution in [1.29, 1.82) is 0 Å². The molecule has 1 nitrogen and oxygen atoms in total. The van der Waals surface area contributed by atoms with Crippen molar-refractivity contribution in [2.45, 2.75) is 39.0 Å². The molecule has 0 saturated carbocycles. The fraction of sp³-hybridized carbons (Fsp3) is 0.538. The third kappa shape index (κ3) is 2.09. The van der Waals surface area contributed by atoms with Gasteiger partial charge in [0.15, 0.2) is 0 Å². The predicted octanol–water partition coefficient (Wildman–Crippen LogP) is 3.35. The maximum atomic E-state index is 5.48. The first kappa shape index (κ1) is 9.57. The number of fused-ring (bicyclic) bond motifs is 1. The molecule has 0 aliphatic carbocycles. The third-order valence-electron chi connectivity index (χ3n) is 2.82. The second kappa shape index (κ2) is 4.50. The van der Waals surface area contributed by atoms with Gasteiger partial charge in [0.1, 0.15) is 5.75 Å². The number of rotatable bonds is 4. The van der Waals surface area contributed by atoms with E-state index < -0.39 is 0 Å². The predicted molar refractivity (Wildman–Crippen MR) is 58.9 cm³/mol. The average molecular weight is 190 g/mol. The Morgan fingerprint density at radius 3 is 3.07 bits per heavy atom. The molecule has 0 N–H and O–H groups in total. The fourth-order valence-electron chi connectivity index (χ4n) is 1.97. The molecule has 0 amide bonds. The molecule has 0 spiro atoms. The molecule has 0 bridgehead atoms. The van der Waals surface area contributed by atoms with Crippen LogP contribution in [-0.2, 0) is 12.8 Å². The molecular formula is C13H18O. The summed E-state index contributed by atoms with van der Waals surface area (Å²) in [6.07, 6.45) is 6.27. The van der Waals surface area contributed by atoms with E-state index >= 15 is 0 Å². The Morgan fingerprint density at radius 2 is 2.21 bits per heavy atom. The van der Waals surface area contributed by atoms with Gasteiger partial charge in [0.05, 0.1) is 6.61 Å². The first-order chi connectivity index (χ1) is 6.90. The van der Waals surface area contributed by atoms with Gasteiger partial charge in [-0.15, -0.1) is 0 Å². The third-order valence-corrected chi connectivity index (χ3v) is 2.82. The van der Waals surface area contributed by atoms with E-state index in [0.717, 1.165) is 18.8 Å². The van der Waals surface area contributed by atoms with Crippen molar-refractivity contribution in [2.75, 3.05) is 6.61 Å². The van der Waals surface area contributed by atoms with Gasteiger partial charge in [-0.25, -0.2) is 0 Å². The number of benzene rings is 1. The van der Waals surface area contributed by atoms with E-state index in [2.05, 4.69) is 25.1 Å². The normalized spacial score (nSPS) is 13.8. The summed E-state index contributed by atoms with van der Waals surface area (Å²) in [4.78, 5) is 0. The number of unbranched alkanes of at least 4 members (excludes halogenated alkanes) is 2. The lowest BCUT2D eigenvalue weighted by atomic mass is 10.0. The van der Waals surface area contributed by atoms with Crippen LogP contribution >= 0.6 is 0 Å². The van der Waals surface area contributed by atoms with Crippen LogP contribution in [0.4, 0.5) is 0 Å². The van der Waals surface area contributed by atoms with E-state index in [-0.39, 0.29) is 0 Å². The maximum Gasteiger partial charge on any atom is 0.122 e. The van der Waals surface area contributed by atoms with Gasteiger partial charge in [0.2, 0.25) is 0 Å². The van der Waals surface area contributed by atoms with Crippen LogP contribution < -0.4 is 4.74 Å². The molecule has 0 fully saturated rings. The van der Waals surface area contributed by atoms with Crippen LogP contribution in [0.25, 0.3) is 0 Å². The molecule has 14 heavy (non-hydrogen) atoms. The second-order valence-electron chi connectivity index (χ2n) is 4.00. The Kier molecular flexibility index (Phi) is 3.07. The van der Waals surface area contributed by atoms with E-state index in [9.17, 15) is 0 Å². The molecule has 0 aromatic heterocycles. The monoisotopic (exact) mass is 190 g/mol. The molecule has 0 saturated heterocycles. The molecule has 76 valence electrons. The lowest BCUT2D eigenvalue weighted by Crippen LogP contribution is -1.87. The van der Waals surface area contributed by atoms with Gasteiger partial charge in [-0.2, -0.15) is 0 Å². The van der Waals surface area contributed by atoms with Crippen molar-refractivity contribution in [1.82, 2.24) is 0 Å². The van der Waals surface area contributed by atoms with Gasteiger partial charge in [0.25, 0.3) is 0 Å². The Hall–Kier alpha value is -0.980. The van der Waals surface area contributed by atoms with Gasteiger partial charge >= 0.3 is 0 Å². The van der Waals surface area contributed by atoms with Crippen LogP contribution in [0, 0.1) is 0 Å². The van der Waals surface area contributed by atoms with Gasteiger partial charge in [-0.1, -0.05) is 31.9 Å². The highest BCUT2D eigenvalue weighted by Gasteiger charge is 2.11. The molecule has 0 unspecified atom stereocenters. The molecule has 1 heteroatoms. The van der Waals surface area contributed by atoms with E-state index in [4.69, 9.17) is 4.74 Å². The van der Waals surface area contributed by atoms with Crippen LogP contribution in [-0.4, -0.2) is 6.61 Å². The Balaban J connectivity index is 1.98. The SMILES string of the molecule is CCCCCc1ccc2c(c1)CCO2. The molecule has 1 heterocycles. The molecular weight excluding hydrogens is 172 g/mol. The highest BCUT2D eigenvalue weighted by Crippen LogP contribution is 2.26. The lowest BCUT2D eigenvalue weighted by Gasteiger charge is -2.03. The van der Waals surface area contributed by atoms with E-state index in [0.29, 0.717) is 0 Å². The lowest BCUT2D eigenvalue weighted by molar-refractivity contribution is 0.357.